The Labute approximate surface area is 117 Å². The number of hydrogen-bond donors (Lipinski definition) is 1. The van der Waals surface area contributed by atoms with Crippen LogP contribution in [-0.2, 0) is 25.5 Å². The summed E-state index contributed by atoms with van der Waals surface area (Å²) < 4.78 is 4.75. The molecule has 1 aromatic carbocycles. The summed E-state index contributed by atoms with van der Waals surface area (Å²) in [5.74, 6) is -4.66. The second kappa shape index (κ2) is 8.09. The van der Waals surface area contributed by atoms with E-state index in [-0.39, 0.29) is 13.0 Å². The minimum absolute atomic E-state index is 0.126. The molecule has 0 saturated heterocycles. The molecule has 0 heterocycles. The number of Topliss-reactive ketones (excluding diaryl/α,β-unsaturated/α-hetero) is 1. The second-order valence-electron chi connectivity index (χ2n) is 4.35. The molecule has 0 aliphatic rings. The van der Waals surface area contributed by atoms with Gasteiger partial charge in [0.15, 0.2) is 0 Å². The number of esters is 1. The minimum atomic E-state index is -1.59. The van der Waals surface area contributed by atoms with Crippen LogP contribution in [-0.4, -0.2) is 29.4 Å². The van der Waals surface area contributed by atoms with Crippen molar-refractivity contribution in [2.45, 2.75) is 26.2 Å². The number of benzene rings is 1. The lowest BCUT2D eigenvalue weighted by atomic mass is 9.95. The molecular weight excluding hydrogens is 260 g/mol. The zero-order chi connectivity index (χ0) is 15.0. The SMILES string of the molecule is CCOC(=O)C(CCCc1ccccc1)C(=O)C(=O)O. The summed E-state index contributed by atoms with van der Waals surface area (Å²) in [4.78, 5) is 33.9. The van der Waals surface area contributed by atoms with Crippen LogP contribution in [0.1, 0.15) is 25.3 Å². The first kappa shape index (κ1) is 15.9. The number of carboxylic acid groups (broad SMARTS) is 1. The van der Waals surface area contributed by atoms with Crippen LogP contribution in [0.3, 0.4) is 0 Å². The third-order valence-corrected chi connectivity index (χ3v) is 2.90. The molecule has 0 aliphatic heterocycles. The van der Waals surface area contributed by atoms with Gasteiger partial charge in [-0.05, 0) is 31.7 Å². The van der Waals surface area contributed by atoms with E-state index in [1.54, 1.807) is 6.92 Å². The first-order chi connectivity index (χ1) is 9.56. The van der Waals surface area contributed by atoms with Gasteiger partial charge < -0.3 is 9.84 Å². The summed E-state index contributed by atoms with van der Waals surface area (Å²) in [6.45, 7) is 1.74. The van der Waals surface area contributed by atoms with Gasteiger partial charge in [-0.25, -0.2) is 4.79 Å². The molecule has 0 radical (unpaired) electrons. The standard InChI is InChI=1S/C15H18O5/c1-2-20-15(19)12(13(16)14(17)18)10-6-9-11-7-4-3-5-8-11/h3-5,7-8,12H,2,6,9-10H2,1H3,(H,17,18). The summed E-state index contributed by atoms with van der Waals surface area (Å²) in [5, 5.41) is 8.73. The molecular formula is C15H18O5. The van der Waals surface area contributed by atoms with Crippen molar-refractivity contribution in [1.82, 2.24) is 0 Å². The van der Waals surface area contributed by atoms with Gasteiger partial charge in [-0.1, -0.05) is 30.3 Å². The van der Waals surface area contributed by atoms with Gasteiger partial charge in [-0.3, -0.25) is 9.59 Å². The predicted octanol–water partition coefficient (Wildman–Crippen LogP) is 1.84. The summed E-state index contributed by atoms with van der Waals surface area (Å²) in [6.07, 6.45) is 1.41. The molecule has 0 spiro atoms. The Morgan fingerprint density at radius 2 is 1.85 bits per heavy atom. The van der Waals surface area contributed by atoms with Crippen molar-refractivity contribution in [2.24, 2.45) is 5.92 Å². The van der Waals surface area contributed by atoms with Gasteiger partial charge >= 0.3 is 11.9 Å². The number of ether oxygens (including phenoxy) is 1. The fraction of sp³-hybridized carbons (Fsp3) is 0.400. The number of carbonyl (C=O) groups excluding carboxylic acids is 2. The monoisotopic (exact) mass is 278 g/mol. The summed E-state index contributed by atoms with van der Waals surface area (Å²) >= 11 is 0. The molecule has 5 heteroatoms. The van der Waals surface area contributed by atoms with Crippen LogP contribution in [0.15, 0.2) is 30.3 Å². The van der Waals surface area contributed by atoms with Crippen LogP contribution in [0.25, 0.3) is 0 Å². The Morgan fingerprint density at radius 1 is 1.20 bits per heavy atom. The number of aliphatic carboxylic acids is 1. The van der Waals surface area contributed by atoms with E-state index in [4.69, 9.17) is 9.84 Å². The van der Waals surface area contributed by atoms with Crippen molar-refractivity contribution in [3.8, 4) is 0 Å². The average molecular weight is 278 g/mol. The van der Waals surface area contributed by atoms with E-state index >= 15 is 0 Å². The van der Waals surface area contributed by atoms with Crippen LogP contribution >= 0.6 is 0 Å². The van der Waals surface area contributed by atoms with Gasteiger partial charge in [-0.2, -0.15) is 0 Å². The van der Waals surface area contributed by atoms with Crippen LogP contribution in [0, 0.1) is 5.92 Å². The van der Waals surface area contributed by atoms with Gasteiger partial charge in [0.2, 0.25) is 0 Å². The molecule has 0 bridgehead atoms. The van der Waals surface area contributed by atoms with Crippen molar-refractivity contribution in [3.05, 3.63) is 35.9 Å². The van der Waals surface area contributed by atoms with Gasteiger partial charge in [0.25, 0.3) is 5.78 Å². The van der Waals surface area contributed by atoms with Gasteiger partial charge in [0.05, 0.1) is 6.61 Å². The number of aryl methyl sites for hydroxylation is 1. The number of hydrogen-bond acceptors (Lipinski definition) is 4. The van der Waals surface area contributed by atoms with Crippen molar-refractivity contribution in [2.75, 3.05) is 6.61 Å². The van der Waals surface area contributed by atoms with E-state index in [0.717, 1.165) is 5.56 Å². The van der Waals surface area contributed by atoms with Crippen LogP contribution in [0.4, 0.5) is 0 Å². The number of rotatable bonds is 8. The quantitative estimate of drug-likeness (QED) is 0.446. The van der Waals surface area contributed by atoms with Gasteiger partial charge in [0, 0.05) is 0 Å². The molecule has 1 aromatic rings. The topological polar surface area (TPSA) is 80.7 Å². The van der Waals surface area contributed by atoms with Crippen molar-refractivity contribution in [1.29, 1.82) is 0 Å². The Kier molecular flexibility index (Phi) is 6.43. The molecule has 0 fully saturated rings. The first-order valence-electron chi connectivity index (χ1n) is 6.54. The van der Waals surface area contributed by atoms with Crippen molar-refractivity contribution < 1.29 is 24.2 Å². The molecule has 0 saturated carbocycles. The zero-order valence-corrected chi connectivity index (χ0v) is 11.4. The summed E-state index contributed by atoms with van der Waals surface area (Å²) in [7, 11) is 0. The minimum Gasteiger partial charge on any atom is -0.475 e. The normalized spacial score (nSPS) is 11.7. The van der Waals surface area contributed by atoms with E-state index in [9.17, 15) is 14.4 Å². The lowest BCUT2D eigenvalue weighted by molar-refractivity contribution is -0.159. The number of carbonyl (C=O) groups is 3. The fourth-order valence-corrected chi connectivity index (χ4v) is 1.90. The maximum Gasteiger partial charge on any atom is 0.373 e. The molecule has 1 atom stereocenters. The Balaban J connectivity index is 2.58. The smallest absolute Gasteiger partial charge is 0.373 e. The maximum absolute atomic E-state index is 11.6. The fourth-order valence-electron chi connectivity index (χ4n) is 1.90. The molecule has 0 aromatic heterocycles. The highest BCUT2D eigenvalue weighted by atomic mass is 16.5. The molecule has 1 rings (SSSR count). The van der Waals surface area contributed by atoms with Gasteiger partial charge in [-0.15, -0.1) is 0 Å². The lowest BCUT2D eigenvalue weighted by Crippen LogP contribution is -2.31. The first-order valence-corrected chi connectivity index (χ1v) is 6.54. The molecule has 5 nitrogen and oxygen atoms in total. The van der Waals surface area contributed by atoms with E-state index < -0.39 is 23.6 Å². The third kappa shape index (κ3) is 4.84. The summed E-state index contributed by atoms with van der Waals surface area (Å²) in [6, 6.07) is 9.59. The number of carboxylic acids is 1. The van der Waals surface area contributed by atoms with E-state index in [0.29, 0.717) is 12.8 Å². The largest absolute Gasteiger partial charge is 0.475 e. The Morgan fingerprint density at radius 3 is 2.40 bits per heavy atom. The molecule has 1 unspecified atom stereocenters. The van der Waals surface area contributed by atoms with Crippen LogP contribution < -0.4 is 0 Å². The third-order valence-electron chi connectivity index (χ3n) is 2.90. The van der Waals surface area contributed by atoms with E-state index in [2.05, 4.69) is 0 Å². The predicted molar refractivity (Wildman–Crippen MR) is 72.1 cm³/mol. The highest BCUT2D eigenvalue weighted by Gasteiger charge is 2.32. The molecule has 0 amide bonds. The zero-order valence-electron chi connectivity index (χ0n) is 11.4. The molecule has 0 aliphatic carbocycles. The second-order valence-corrected chi connectivity index (χ2v) is 4.35. The Bertz CT molecular complexity index is 466. The van der Waals surface area contributed by atoms with E-state index in [1.165, 1.54) is 0 Å². The van der Waals surface area contributed by atoms with Gasteiger partial charge in [0.1, 0.15) is 5.92 Å². The van der Waals surface area contributed by atoms with Crippen molar-refractivity contribution in [3.63, 3.8) is 0 Å². The molecule has 1 N–H and O–H groups in total. The lowest BCUT2D eigenvalue weighted by Gasteiger charge is -2.12. The number of ketones is 1. The highest BCUT2D eigenvalue weighted by Crippen LogP contribution is 2.14. The van der Waals surface area contributed by atoms with Crippen molar-refractivity contribution >= 4 is 17.7 Å². The Hall–Kier alpha value is -2.17. The van der Waals surface area contributed by atoms with E-state index in [1.807, 2.05) is 30.3 Å². The maximum atomic E-state index is 11.6. The highest BCUT2D eigenvalue weighted by molar-refractivity contribution is 6.37. The average Bonchev–Trinajstić information content (AvgIpc) is 2.44. The van der Waals surface area contributed by atoms with Crippen LogP contribution in [0.2, 0.25) is 0 Å². The van der Waals surface area contributed by atoms with Crippen LogP contribution in [0.5, 0.6) is 0 Å². The molecule has 108 valence electrons. The molecule has 20 heavy (non-hydrogen) atoms. The summed E-state index contributed by atoms with van der Waals surface area (Å²) in [5.41, 5.74) is 1.08.